The van der Waals surface area contributed by atoms with E-state index < -0.39 is 0 Å². The van der Waals surface area contributed by atoms with Crippen molar-refractivity contribution in [2.24, 2.45) is 7.05 Å². The van der Waals surface area contributed by atoms with Crippen LogP contribution in [0.5, 0.6) is 0 Å². The number of halogens is 2. The molecule has 0 saturated heterocycles. The highest BCUT2D eigenvalue weighted by atomic mass is 35.5. The molecule has 0 amide bonds. The van der Waals surface area contributed by atoms with Gasteiger partial charge in [-0.3, -0.25) is 9.48 Å². The maximum absolute atomic E-state index is 11.9. The summed E-state index contributed by atoms with van der Waals surface area (Å²) >= 11 is 12.0. The molecule has 0 atom stereocenters. The van der Waals surface area contributed by atoms with Crippen molar-refractivity contribution in [3.63, 3.8) is 0 Å². The summed E-state index contributed by atoms with van der Waals surface area (Å²) in [7, 11) is 1.76. The highest BCUT2D eigenvalue weighted by Gasteiger charge is 2.12. The van der Waals surface area contributed by atoms with E-state index >= 15 is 0 Å². The molecule has 0 aliphatic carbocycles. The van der Waals surface area contributed by atoms with Gasteiger partial charge in [0.25, 0.3) is 0 Å². The van der Waals surface area contributed by atoms with Gasteiger partial charge in [-0.15, -0.1) is 5.10 Å². The molecule has 2 rings (SSSR count). The molecule has 0 radical (unpaired) electrons. The van der Waals surface area contributed by atoms with E-state index in [4.69, 9.17) is 23.2 Å². The Balaban J connectivity index is 2.08. The number of hydrogen-bond acceptors (Lipinski definition) is 3. The average molecular weight is 284 g/mol. The smallest absolute Gasteiger partial charge is 0.143 e. The summed E-state index contributed by atoms with van der Waals surface area (Å²) in [4.78, 5) is 11.9. The van der Waals surface area contributed by atoms with Gasteiger partial charge in [-0.25, -0.2) is 0 Å². The monoisotopic (exact) mass is 283 g/mol. The molecular formula is C12H11Cl2N3O. The topological polar surface area (TPSA) is 47.8 Å². The summed E-state index contributed by atoms with van der Waals surface area (Å²) in [5.41, 5.74) is 1.31. The van der Waals surface area contributed by atoms with Crippen LogP contribution in [0.1, 0.15) is 11.3 Å². The van der Waals surface area contributed by atoms with E-state index in [2.05, 4.69) is 10.3 Å². The summed E-state index contributed by atoms with van der Waals surface area (Å²) in [5.74, 6) is 0.00509. The lowest BCUT2D eigenvalue weighted by Gasteiger charge is -2.05. The van der Waals surface area contributed by atoms with Crippen molar-refractivity contribution in [2.45, 2.75) is 12.8 Å². The molecule has 94 valence electrons. The highest BCUT2D eigenvalue weighted by molar-refractivity contribution is 6.36. The third-order valence-corrected chi connectivity index (χ3v) is 3.17. The van der Waals surface area contributed by atoms with E-state index in [0.717, 1.165) is 0 Å². The summed E-state index contributed by atoms with van der Waals surface area (Å²) in [6, 6.07) is 5.19. The number of carbonyl (C=O) groups excluding carboxylic acids is 1. The number of nitrogens with zero attached hydrogens (tertiary/aromatic N) is 3. The fourth-order valence-electron chi connectivity index (χ4n) is 1.64. The molecule has 1 aromatic heterocycles. The van der Waals surface area contributed by atoms with Crippen molar-refractivity contribution in [1.82, 2.24) is 15.0 Å². The van der Waals surface area contributed by atoms with Gasteiger partial charge in [-0.1, -0.05) is 34.5 Å². The zero-order valence-electron chi connectivity index (χ0n) is 9.73. The lowest BCUT2D eigenvalue weighted by Crippen LogP contribution is -2.07. The van der Waals surface area contributed by atoms with Crippen molar-refractivity contribution >= 4 is 29.0 Å². The summed E-state index contributed by atoms with van der Waals surface area (Å²) in [6.45, 7) is 0. The first kappa shape index (κ1) is 13.1. The van der Waals surface area contributed by atoms with Crippen LogP contribution in [0.4, 0.5) is 0 Å². The molecule has 0 bridgehead atoms. The average Bonchev–Trinajstić information content (AvgIpc) is 2.69. The van der Waals surface area contributed by atoms with Crippen LogP contribution in [0.15, 0.2) is 24.4 Å². The number of carbonyl (C=O) groups is 1. The predicted molar refractivity (Wildman–Crippen MR) is 69.9 cm³/mol. The molecule has 0 N–H and O–H groups in total. The van der Waals surface area contributed by atoms with Gasteiger partial charge in [-0.2, -0.15) is 0 Å². The molecule has 0 aliphatic heterocycles. The summed E-state index contributed by atoms with van der Waals surface area (Å²) in [5, 5.41) is 8.66. The first-order chi connectivity index (χ1) is 8.56. The Kier molecular flexibility index (Phi) is 3.99. The van der Waals surface area contributed by atoms with Crippen LogP contribution < -0.4 is 0 Å². The largest absolute Gasteiger partial charge is 0.299 e. The molecule has 0 saturated carbocycles. The molecule has 1 heterocycles. The molecule has 1 aromatic carbocycles. The second-order valence-electron chi connectivity index (χ2n) is 3.98. The maximum Gasteiger partial charge on any atom is 0.143 e. The van der Waals surface area contributed by atoms with E-state index in [1.807, 2.05) is 0 Å². The lowest BCUT2D eigenvalue weighted by atomic mass is 10.1. The van der Waals surface area contributed by atoms with Crippen LogP contribution in [0.3, 0.4) is 0 Å². The van der Waals surface area contributed by atoms with Gasteiger partial charge < -0.3 is 0 Å². The quantitative estimate of drug-likeness (QED) is 0.866. The third-order valence-electron chi connectivity index (χ3n) is 2.46. The van der Waals surface area contributed by atoms with Crippen molar-refractivity contribution in [1.29, 1.82) is 0 Å². The Bertz CT molecular complexity index is 560. The van der Waals surface area contributed by atoms with Crippen LogP contribution in [0, 0.1) is 0 Å². The van der Waals surface area contributed by atoms with Crippen molar-refractivity contribution in [2.75, 3.05) is 0 Å². The van der Waals surface area contributed by atoms with E-state index in [-0.39, 0.29) is 18.6 Å². The van der Waals surface area contributed by atoms with E-state index in [1.54, 1.807) is 36.1 Å². The van der Waals surface area contributed by atoms with E-state index in [9.17, 15) is 4.79 Å². The van der Waals surface area contributed by atoms with Gasteiger partial charge in [0.05, 0.1) is 12.1 Å². The zero-order valence-corrected chi connectivity index (χ0v) is 11.2. The van der Waals surface area contributed by atoms with Crippen molar-refractivity contribution in [3.05, 3.63) is 45.7 Å². The van der Waals surface area contributed by atoms with E-state index in [0.29, 0.717) is 21.3 Å². The Labute approximate surface area is 115 Å². The minimum absolute atomic E-state index is 0.00509. The Morgan fingerprint density at radius 2 is 1.94 bits per heavy atom. The molecule has 2 aromatic rings. The fourth-order valence-corrected chi connectivity index (χ4v) is 2.17. The minimum atomic E-state index is 0.00509. The Morgan fingerprint density at radius 1 is 1.28 bits per heavy atom. The first-order valence-electron chi connectivity index (χ1n) is 5.36. The normalized spacial score (nSPS) is 10.6. The fraction of sp³-hybridized carbons (Fsp3) is 0.250. The molecule has 0 unspecified atom stereocenters. The standard InChI is InChI=1S/C12H11Cl2N3O/c1-17-7-8(15-16-17)5-9(18)6-10-11(13)3-2-4-12(10)14/h2-4,7H,5-6H2,1H3. The van der Waals surface area contributed by atoms with Crippen LogP contribution in [-0.2, 0) is 24.7 Å². The van der Waals surface area contributed by atoms with Crippen molar-refractivity contribution in [3.8, 4) is 0 Å². The SMILES string of the molecule is Cn1cc(CC(=O)Cc2c(Cl)cccc2Cl)nn1. The Morgan fingerprint density at radius 3 is 2.50 bits per heavy atom. The Hall–Kier alpha value is -1.39. The number of benzene rings is 1. The van der Waals surface area contributed by atoms with Crippen LogP contribution in [-0.4, -0.2) is 20.8 Å². The number of ketones is 1. The molecule has 0 aliphatic rings. The zero-order chi connectivity index (χ0) is 13.1. The third kappa shape index (κ3) is 3.09. The second-order valence-corrected chi connectivity index (χ2v) is 4.79. The van der Waals surface area contributed by atoms with Crippen LogP contribution >= 0.6 is 23.2 Å². The second kappa shape index (κ2) is 5.50. The van der Waals surface area contributed by atoms with Gasteiger partial charge in [-0.05, 0) is 17.7 Å². The lowest BCUT2D eigenvalue weighted by molar-refractivity contribution is -0.117. The number of hydrogen-bond donors (Lipinski definition) is 0. The molecule has 18 heavy (non-hydrogen) atoms. The summed E-state index contributed by atoms with van der Waals surface area (Å²) < 4.78 is 1.56. The molecule has 6 heteroatoms. The first-order valence-corrected chi connectivity index (χ1v) is 6.11. The van der Waals surface area contributed by atoms with Gasteiger partial charge >= 0.3 is 0 Å². The molecule has 4 nitrogen and oxygen atoms in total. The van der Waals surface area contributed by atoms with Gasteiger partial charge in [0.1, 0.15) is 5.78 Å². The number of rotatable bonds is 4. The number of Topliss-reactive ketones (excluding diaryl/α,β-unsaturated/α-hetero) is 1. The number of aromatic nitrogens is 3. The van der Waals surface area contributed by atoms with Crippen LogP contribution in [0.25, 0.3) is 0 Å². The maximum atomic E-state index is 11.9. The van der Waals surface area contributed by atoms with Gasteiger partial charge in [0.2, 0.25) is 0 Å². The molecule has 0 fully saturated rings. The molecule has 0 spiro atoms. The van der Waals surface area contributed by atoms with Gasteiger partial charge in [0, 0.05) is 29.7 Å². The van der Waals surface area contributed by atoms with E-state index in [1.165, 1.54) is 0 Å². The molecular weight excluding hydrogens is 273 g/mol. The van der Waals surface area contributed by atoms with Crippen LogP contribution in [0.2, 0.25) is 10.0 Å². The van der Waals surface area contributed by atoms with Crippen molar-refractivity contribution < 1.29 is 4.79 Å². The number of aryl methyl sites for hydroxylation is 1. The highest BCUT2D eigenvalue weighted by Crippen LogP contribution is 2.25. The summed E-state index contributed by atoms with van der Waals surface area (Å²) in [6.07, 6.45) is 2.15. The minimum Gasteiger partial charge on any atom is -0.299 e. The van der Waals surface area contributed by atoms with Gasteiger partial charge in [0.15, 0.2) is 0 Å². The predicted octanol–water partition coefficient (Wildman–Crippen LogP) is 2.48.